The zero-order chi connectivity index (χ0) is 17.6. The zero-order valence-corrected chi connectivity index (χ0v) is 13.2. The number of benzene rings is 1. The highest BCUT2D eigenvalue weighted by Gasteiger charge is 2.33. The van der Waals surface area contributed by atoms with E-state index in [1.54, 1.807) is 13.2 Å². The molecular formula is C15H20F3N3O3. The summed E-state index contributed by atoms with van der Waals surface area (Å²) in [5.41, 5.74) is 5.40. The molecule has 0 saturated carbocycles. The Hall–Kier alpha value is -2.00. The molecule has 24 heavy (non-hydrogen) atoms. The van der Waals surface area contributed by atoms with Crippen LogP contribution in [0, 0.1) is 0 Å². The fourth-order valence-corrected chi connectivity index (χ4v) is 2.36. The monoisotopic (exact) mass is 347 g/mol. The van der Waals surface area contributed by atoms with Gasteiger partial charge < -0.3 is 25.3 Å². The second kappa shape index (κ2) is 7.71. The van der Waals surface area contributed by atoms with E-state index in [2.05, 4.69) is 15.0 Å². The van der Waals surface area contributed by atoms with Crippen molar-refractivity contribution >= 4 is 11.6 Å². The highest BCUT2D eigenvalue weighted by atomic mass is 19.4. The Balaban J connectivity index is 2.05. The minimum atomic E-state index is -4.79. The van der Waals surface area contributed by atoms with Crippen molar-refractivity contribution in [1.29, 1.82) is 0 Å². The molecular weight excluding hydrogens is 327 g/mol. The summed E-state index contributed by atoms with van der Waals surface area (Å²) in [5.74, 6) is -0.396. The predicted molar refractivity (Wildman–Crippen MR) is 83.0 cm³/mol. The largest absolute Gasteiger partial charge is 0.573 e. The van der Waals surface area contributed by atoms with Crippen LogP contribution < -0.4 is 15.8 Å². The Bertz CT molecular complexity index is 573. The van der Waals surface area contributed by atoms with Crippen molar-refractivity contribution < 1.29 is 27.4 Å². The van der Waals surface area contributed by atoms with Crippen molar-refractivity contribution in [1.82, 2.24) is 0 Å². The minimum absolute atomic E-state index is 0.0175. The summed E-state index contributed by atoms with van der Waals surface area (Å²) in [5, 5.41) is 2.63. The molecule has 0 amide bonds. The molecule has 3 N–H and O–H groups in total. The van der Waals surface area contributed by atoms with Gasteiger partial charge in [-0.3, -0.25) is 4.99 Å². The summed E-state index contributed by atoms with van der Waals surface area (Å²) in [7, 11) is 1.59. The molecule has 2 rings (SSSR count). The van der Waals surface area contributed by atoms with Crippen molar-refractivity contribution in [3.8, 4) is 5.75 Å². The second-order valence-electron chi connectivity index (χ2n) is 5.37. The lowest BCUT2D eigenvalue weighted by atomic mass is 9.94. The Morgan fingerprint density at radius 3 is 2.62 bits per heavy atom. The lowest BCUT2D eigenvalue weighted by Crippen LogP contribution is -2.42. The van der Waals surface area contributed by atoms with Crippen LogP contribution in [-0.2, 0) is 9.47 Å². The summed E-state index contributed by atoms with van der Waals surface area (Å²) < 4.78 is 52.0. The molecule has 0 atom stereocenters. The fourth-order valence-electron chi connectivity index (χ4n) is 2.36. The van der Waals surface area contributed by atoms with Gasteiger partial charge in [-0.25, -0.2) is 0 Å². The van der Waals surface area contributed by atoms with Gasteiger partial charge in [0.15, 0.2) is 11.7 Å². The van der Waals surface area contributed by atoms with Crippen LogP contribution in [0.15, 0.2) is 29.3 Å². The number of alkyl halides is 3. The SMILES string of the molecule is COC1(CN=C(N)Nc2ccccc2OC(F)(F)F)CCOCC1. The summed E-state index contributed by atoms with van der Waals surface area (Å²) in [4.78, 5) is 4.19. The Labute approximate surface area is 137 Å². The van der Waals surface area contributed by atoms with E-state index in [1.807, 2.05) is 0 Å². The Kier molecular flexibility index (Phi) is 5.89. The van der Waals surface area contributed by atoms with Gasteiger partial charge in [-0.2, -0.15) is 0 Å². The van der Waals surface area contributed by atoms with Crippen LogP contribution in [0.25, 0.3) is 0 Å². The number of rotatable bonds is 5. The molecule has 0 aliphatic carbocycles. The highest BCUT2D eigenvalue weighted by molar-refractivity contribution is 5.93. The molecule has 0 bridgehead atoms. The third-order valence-corrected chi connectivity index (χ3v) is 3.75. The lowest BCUT2D eigenvalue weighted by molar-refractivity contribution is -0.274. The smallest absolute Gasteiger partial charge is 0.404 e. The molecule has 1 aliphatic heterocycles. The molecule has 1 aromatic carbocycles. The van der Waals surface area contributed by atoms with Crippen LogP contribution >= 0.6 is 0 Å². The third kappa shape index (κ3) is 5.27. The summed E-state index contributed by atoms with van der Waals surface area (Å²) in [6.07, 6.45) is -3.44. The van der Waals surface area contributed by atoms with Crippen molar-refractivity contribution in [2.24, 2.45) is 10.7 Å². The average Bonchev–Trinajstić information content (AvgIpc) is 2.54. The topological polar surface area (TPSA) is 78.1 Å². The Morgan fingerprint density at radius 2 is 2.00 bits per heavy atom. The van der Waals surface area contributed by atoms with E-state index in [9.17, 15) is 13.2 Å². The molecule has 1 aliphatic rings. The first-order valence-corrected chi connectivity index (χ1v) is 7.38. The number of nitrogens with one attached hydrogen (secondary N) is 1. The van der Waals surface area contributed by atoms with Gasteiger partial charge in [-0.1, -0.05) is 12.1 Å². The van der Waals surface area contributed by atoms with Crippen molar-refractivity contribution in [3.63, 3.8) is 0 Å². The molecule has 134 valence electrons. The number of hydrogen-bond acceptors (Lipinski definition) is 4. The highest BCUT2D eigenvalue weighted by Crippen LogP contribution is 2.30. The molecule has 1 heterocycles. The average molecular weight is 347 g/mol. The van der Waals surface area contributed by atoms with Gasteiger partial charge in [0.25, 0.3) is 0 Å². The van der Waals surface area contributed by atoms with Gasteiger partial charge in [0.1, 0.15) is 0 Å². The molecule has 0 radical (unpaired) electrons. The number of anilines is 1. The molecule has 0 aromatic heterocycles. The summed E-state index contributed by atoms with van der Waals surface area (Å²) in [6.45, 7) is 1.42. The lowest BCUT2D eigenvalue weighted by Gasteiger charge is -2.34. The number of aliphatic imine (C=N–C) groups is 1. The molecule has 0 unspecified atom stereocenters. The van der Waals surface area contributed by atoms with Crippen molar-refractivity contribution in [2.45, 2.75) is 24.8 Å². The van der Waals surface area contributed by atoms with Gasteiger partial charge in [-0.05, 0) is 12.1 Å². The van der Waals surface area contributed by atoms with Gasteiger partial charge in [0.2, 0.25) is 0 Å². The van der Waals surface area contributed by atoms with E-state index >= 15 is 0 Å². The van der Waals surface area contributed by atoms with Gasteiger partial charge >= 0.3 is 6.36 Å². The zero-order valence-electron chi connectivity index (χ0n) is 13.2. The van der Waals surface area contributed by atoms with Crippen molar-refractivity contribution in [2.75, 3.05) is 32.2 Å². The van der Waals surface area contributed by atoms with Crippen LogP contribution in [0.1, 0.15) is 12.8 Å². The number of halogens is 3. The van der Waals surface area contributed by atoms with Gasteiger partial charge in [-0.15, -0.1) is 13.2 Å². The molecule has 1 aromatic rings. The first-order valence-electron chi connectivity index (χ1n) is 7.38. The number of guanidine groups is 1. The summed E-state index contributed by atoms with van der Waals surface area (Å²) in [6, 6.07) is 5.61. The van der Waals surface area contributed by atoms with E-state index in [0.29, 0.717) is 26.1 Å². The van der Waals surface area contributed by atoms with E-state index in [4.69, 9.17) is 15.2 Å². The standard InChI is InChI=1S/C15H20F3N3O3/c1-22-14(6-8-23-9-7-14)10-20-13(19)21-11-4-2-3-5-12(11)24-15(16,17)18/h2-5H,6-10H2,1H3,(H3,19,20,21). The maximum atomic E-state index is 12.4. The number of nitrogens with zero attached hydrogens (tertiary/aromatic N) is 1. The normalized spacial score (nSPS) is 18.2. The number of hydrogen-bond donors (Lipinski definition) is 2. The third-order valence-electron chi connectivity index (χ3n) is 3.75. The maximum absolute atomic E-state index is 12.4. The number of para-hydroxylation sites is 2. The molecule has 0 spiro atoms. The van der Waals surface area contributed by atoms with Gasteiger partial charge in [0.05, 0.1) is 17.8 Å². The van der Waals surface area contributed by atoms with Crippen molar-refractivity contribution in [3.05, 3.63) is 24.3 Å². The number of methoxy groups -OCH3 is 1. The summed E-state index contributed by atoms with van der Waals surface area (Å²) >= 11 is 0. The molecule has 1 saturated heterocycles. The number of nitrogens with two attached hydrogens (primary N) is 1. The fraction of sp³-hybridized carbons (Fsp3) is 0.533. The Morgan fingerprint density at radius 1 is 1.33 bits per heavy atom. The van der Waals surface area contributed by atoms with E-state index in [0.717, 1.165) is 0 Å². The molecule has 6 nitrogen and oxygen atoms in total. The van der Waals surface area contributed by atoms with E-state index < -0.39 is 12.0 Å². The van der Waals surface area contributed by atoms with Crippen LogP contribution in [0.4, 0.5) is 18.9 Å². The predicted octanol–water partition coefficient (Wildman–Crippen LogP) is 2.51. The number of ether oxygens (including phenoxy) is 3. The van der Waals surface area contributed by atoms with Crippen LogP contribution in [-0.4, -0.2) is 44.8 Å². The van der Waals surface area contributed by atoms with Crippen LogP contribution in [0.2, 0.25) is 0 Å². The maximum Gasteiger partial charge on any atom is 0.573 e. The quantitative estimate of drug-likeness (QED) is 0.632. The second-order valence-corrected chi connectivity index (χ2v) is 5.37. The van der Waals surface area contributed by atoms with E-state index in [-0.39, 0.29) is 23.9 Å². The molecule has 1 fully saturated rings. The first kappa shape index (κ1) is 18.3. The van der Waals surface area contributed by atoms with Crippen LogP contribution in [0.3, 0.4) is 0 Å². The molecule has 9 heteroatoms. The van der Waals surface area contributed by atoms with Crippen LogP contribution in [0.5, 0.6) is 5.75 Å². The van der Waals surface area contributed by atoms with E-state index in [1.165, 1.54) is 18.2 Å². The first-order chi connectivity index (χ1) is 11.3. The minimum Gasteiger partial charge on any atom is -0.404 e. The van der Waals surface area contributed by atoms with Gasteiger partial charge in [0, 0.05) is 33.2 Å².